The van der Waals surface area contributed by atoms with Gasteiger partial charge in [0.2, 0.25) is 0 Å². The first-order chi connectivity index (χ1) is 24.2. The highest BCUT2D eigenvalue weighted by Crippen LogP contribution is 2.19. The summed E-state index contributed by atoms with van der Waals surface area (Å²) >= 11 is 0. The number of ether oxygens (including phenoxy) is 2. The molecule has 0 spiro atoms. The number of aromatic nitrogens is 3. The molecule has 0 fully saturated rings. The second kappa shape index (κ2) is 35.4. The van der Waals surface area contributed by atoms with Crippen LogP contribution in [0.4, 0.5) is 0 Å². The van der Waals surface area contributed by atoms with Gasteiger partial charge in [0, 0.05) is 0 Å². The van der Waals surface area contributed by atoms with E-state index in [0.29, 0.717) is 13.2 Å². The van der Waals surface area contributed by atoms with E-state index in [1.165, 1.54) is 180 Å². The van der Waals surface area contributed by atoms with Crippen molar-refractivity contribution in [3.8, 4) is 24.2 Å². The third kappa shape index (κ3) is 28.0. The van der Waals surface area contributed by atoms with Crippen LogP contribution in [0.5, 0.6) is 12.0 Å². The molecule has 1 heterocycles. The smallest absolute Gasteiger partial charge is 0.322 e. The molecule has 0 aliphatic rings. The van der Waals surface area contributed by atoms with E-state index >= 15 is 0 Å². The van der Waals surface area contributed by atoms with Crippen LogP contribution in [-0.4, -0.2) is 28.2 Å². The minimum Gasteiger partial charge on any atom is -0.463 e. The standard InChI is InChI=1S/C42H75N5O2/c1-3-5-7-9-11-13-15-17-19-21-23-25-27-29-31-33-35-48-41-45-40(39(37-43)38-44)46-42(47-41)49-36-34-32-30-28-26-24-22-20-18-16-14-12-10-8-6-4-2/h39H,3-36H2,1-2H3. The van der Waals surface area contributed by atoms with E-state index < -0.39 is 5.92 Å². The highest BCUT2D eigenvalue weighted by atomic mass is 16.5. The molecular formula is C42H75N5O2. The van der Waals surface area contributed by atoms with Gasteiger partial charge in [-0.15, -0.1) is 4.98 Å². The van der Waals surface area contributed by atoms with Crippen LogP contribution in [0.3, 0.4) is 0 Å². The molecule has 1 aromatic rings. The molecule has 0 saturated carbocycles. The zero-order valence-corrected chi connectivity index (χ0v) is 32.2. The minimum atomic E-state index is -1.07. The molecule has 0 saturated heterocycles. The summed E-state index contributed by atoms with van der Waals surface area (Å²) < 4.78 is 11.6. The Morgan fingerprint density at radius 1 is 0.388 bits per heavy atom. The molecule has 0 unspecified atom stereocenters. The van der Waals surface area contributed by atoms with Crippen molar-refractivity contribution in [3.05, 3.63) is 5.82 Å². The van der Waals surface area contributed by atoms with Gasteiger partial charge in [-0.25, -0.2) is 0 Å². The number of rotatable bonds is 37. The van der Waals surface area contributed by atoms with Crippen molar-refractivity contribution >= 4 is 0 Å². The van der Waals surface area contributed by atoms with E-state index in [2.05, 4.69) is 28.8 Å². The summed E-state index contributed by atoms with van der Waals surface area (Å²) in [7, 11) is 0. The van der Waals surface area contributed by atoms with Crippen LogP contribution in [0.1, 0.15) is 231 Å². The number of hydrogen-bond donors (Lipinski definition) is 0. The second-order valence-electron chi connectivity index (χ2n) is 14.3. The number of nitrogens with zero attached hydrogens (tertiary/aromatic N) is 5. The van der Waals surface area contributed by atoms with E-state index in [-0.39, 0.29) is 17.8 Å². The average molecular weight is 682 g/mol. The fourth-order valence-corrected chi connectivity index (χ4v) is 6.38. The van der Waals surface area contributed by atoms with Crippen LogP contribution in [0.2, 0.25) is 0 Å². The molecule has 49 heavy (non-hydrogen) atoms. The normalized spacial score (nSPS) is 11.1. The number of unbranched alkanes of at least 4 members (excludes halogenated alkanes) is 30. The third-order valence-corrected chi connectivity index (χ3v) is 9.59. The maximum atomic E-state index is 9.37. The van der Waals surface area contributed by atoms with Crippen LogP contribution in [0, 0.1) is 22.7 Å². The minimum absolute atomic E-state index is 0.101. The van der Waals surface area contributed by atoms with Crippen LogP contribution in [0.15, 0.2) is 0 Å². The predicted octanol–water partition coefficient (Wildman–Crippen LogP) is 13.3. The predicted molar refractivity (Wildman–Crippen MR) is 204 cm³/mol. The quantitative estimate of drug-likeness (QED) is 0.0643. The molecule has 0 atom stereocenters. The van der Waals surface area contributed by atoms with Crippen molar-refractivity contribution in [3.63, 3.8) is 0 Å². The van der Waals surface area contributed by atoms with Crippen molar-refractivity contribution in [2.45, 2.75) is 225 Å². The van der Waals surface area contributed by atoms with E-state index in [4.69, 9.17) is 9.47 Å². The van der Waals surface area contributed by atoms with Crippen molar-refractivity contribution < 1.29 is 9.47 Å². The van der Waals surface area contributed by atoms with Crippen molar-refractivity contribution in [1.82, 2.24) is 15.0 Å². The maximum absolute atomic E-state index is 9.37. The Labute approximate surface area is 302 Å². The highest BCUT2D eigenvalue weighted by Gasteiger charge is 2.18. The highest BCUT2D eigenvalue weighted by molar-refractivity contribution is 5.21. The molecule has 1 aromatic heterocycles. The summed E-state index contributed by atoms with van der Waals surface area (Å²) in [6.07, 6.45) is 42.4. The summed E-state index contributed by atoms with van der Waals surface area (Å²) in [4.78, 5) is 12.8. The Morgan fingerprint density at radius 3 is 0.878 bits per heavy atom. The Bertz CT molecular complexity index is 874. The topological polar surface area (TPSA) is 105 Å². The molecule has 0 aliphatic heterocycles. The summed E-state index contributed by atoms with van der Waals surface area (Å²) in [6.45, 7) is 5.57. The summed E-state index contributed by atoms with van der Waals surface area (Å²) in [5, 5.41) is 18.7. The van der Waals surface area contributed by atoms with Gasteiger partial charge in [0.1, 0.15) is 0 Å². The first-order valence-electron chi connectivity index (χ1n) is 21.1. The first-order valence-corrected chi connectivity index (χ1v) is 21.1. The molecule has 7 heteroatoms. The molecule has 0 bridgehead atoms. The molecular weight excluding hydrogens is 606 g/mol. The van der Waals surface area contributed by atoms with Gasteiger partial charge < -0.3 is 9.47 Å². The van der Waals surface area contributed by atoms with E-state index in [1.54, 1.807) is 0 Å². The fraction of sp³-hybridized carbons (Fsp3) is 0.881. The fourth-order valence-electron chi connectivity index (χ4n) is 6.38. The summed E-state index contributed by atoms with van der Waals surface area (Å²) in [5.74, 6) is -0.970. The molecule has 0 radical (unpaired) electrons. The third-order valence-electron chi connectivity index (χ3n) is 9.59. The summed E-state index contributed by atoms with van der Waals surface area (Å²) in [6, 6.07) is 4.18. The molecule has 1 rings (SSSR count). The van der Waals surface area contributed by atoms with Gasteiger partial charge in [-0.05, 0) is 12.8 Å². The molecule has 0 aromatic carbocycles. The second-order valence-corrected chi connectivity index (χ2v) is 14.3. The zero-order valence-electron chi connectivity index (χ0n) is 32.2. The lowest BCUT2D eigenvalue weighted by Crippen LogP contribution is -2.10. The van der Waals surface area contributed by atoms with Crippen molar-refractivity contribution in [1.29, 1.82) is 10.5 Å². The van der Waals surface area contributed by atoms with Crippen molar-refractivity contribution in [2.75, 3.05) is 13.2 Å². The molecule has 0 amide bonds. The number of nitriles is 2. The lowest BCUT2D eigenvalue weighted by molar-refractivity contribution is 0.250. The summed E-state index contributed by atoms with van der Waals surface area (Å²) in [5.41, 5.74) is 0. The van der Waals surface area contributed by atoms with Gasteiger partial charge in [-0.1, -0.05) is 206 Å². The average Bonchev–Trinajstić information content (AvgIpc) is 3.11. The van der Waals surface area contributed by atoms with Gasteiger partial charge in [0.05, 0.1) is 25.4 Å². The monoisotopic (exact) mass is 682 g/mol. The first kappa shape index (κ1) is 44.6. The maximum Gasteiger partial charge on any atom is 0.322 e. The van der Waals surface area contributed by atoms with Gasteiger partial charge >= 0.3 is 12.0 Å². The van der Waals surface area contributed by atoms with E-state index in [9.17, 15) is 10.5 Å². The Balaban J connectivity index is 2.11. The largest absolute Gasteiger partial charge is 0.463 e. The molecule has 0 aliphatic carbocycles. The van der Waals surface area contributed by atoms with Gasteiger partial charge in [0.25, 0.3) is 0 Å². The lowest BCUT2D eigenvalue weighted by atomic mass is 10.0. The molecule has 0 N–H and O–H groups in total. The molecule has 280 valence electrons. The van der Waals surface area contributed by atoms with Gasteiger partial charge in [0.15, 0.2) is 11.7 Å². The Hall–Kier alpha value is -2.41. The lowest BCUT2D eigenvalue weighted by Gasteiger charge is -2.10. The van der Waals surface area contributed by atoms with Crippen LogP contribution < -0.4 is 9.47 Å². The van der Waals surface area contributed by atoms with Gasteiger partial charge in [-0.2, -0.15) is 20.5 Å². The van der Waals surface area contributed by atoms with E-state index in [1.807, 2.05) is 12.1 Å². The van der Waals surface area contributed by atoms with Crippen LogP contribution >= 0.6 is 0 Å². The number of hydrogen-bond acceptors (Lipinski definition) is 7. The zero-order chi connectivity index (χ0) is 35.3. The SMILES string of the molecule is CCCCCCCCCCCCCCCCCCOc1nc(OCCCCCCCCCCCCCCCCCC)nc(C(C#N)C#N)n1. The Morgan fingerprint density at radius 2 is 0.633 bits per heavy atom. The Kier molecular flexibility index (Phi) is 32.2. The van der Waals surface area contributed by atoms with Crippen LogP contribution in [0.25, 0.3) is 0 Å². The van der Waals surface area contributed by atoms with E-state index in [0.717, 1.165) is 25.7 Å². The van der Waals surface area contributed by atoms with Crippen molar-refractivity contribution in [2.24, 2.45) is 0 Å². The van der Waals surface area contributed by atoms with Gasteiger partial charge in [-0.3, -0.25) is 0 Å². The molecule has 7 nitrogen and oxygen atoms in total. The van der Waals surface area contributed by atoms with Crippen LogP contribution in [-0.2, 0) is 0 Å².